The Morgan fingerprint density at radius 2 is 2.00 bits per heavy atom. The number of nitrogens with one attached hydrogen (secondary N) is 1. The predicted molar refractivity (Wildman–Crippen MR) is 94.3 cm³/mol. The number of likely N-dealkylation sites (tertiary alicyclic amines) is 1. The van der Waals surface area contributed by atoms with Crippen molar-refractivity contribution in [1.82, 2.24) is 4.90 Å². The third-order valence-electron chi connectivity index (χ3n) is 4.20. The van der Waals surface area contributed by atoms with Crippen molar-refractivity contribution in [3.05, 3.63) is 17.2 Å². The number of nitrogens with zero attached hydrogens (tertiary/aromatic N) is 1. The quantitative estimate of drug-likeness (QED) is 0.796. The molecule has 1 aliphatic rings. The summed E-state index contributed by atoms with van der Waals surface area (Å²) in [4.78, 5) is 26.4. The predicted octanol–water partition coefficient (Wildman–Crippen LogP) is 2.18. The van der Waals surface area contributed by atoms with Crippen LogP contribution in [0.3, 0.4) is 0 Å². The molecule has 0 aliphatic carbocycles. The molecule has 1 aliphatic heterocycles. The minimum atomic E-state index is -0.432. The van der Waals surface area contributed by atoms with E-state index in [1.54, 1.807) is 24.1 Å². The normalized spacial score (nSPS) is 18.2. The Morgan fingerprint density at radius 1 is 1.32 bits per heavy atom. The van der Waals surface area contributed by atoms with Crippen LogP contribution in [0.25, 0.3) is 0 Å². The van der Waals surface area contributed by atoms with Crippen molar-refractivity contribution in [2.75, 3.05) is 39.8 Å². The zero-order valence-corrected chi connectivity index (χ0v) is 15.6. The summed E-state index contributed by atoms with van der Waals surface area (Å²) < 4.78 is 15.5. The number of hydrogen-bond acceptors (Lipinski definition) is 5. The number of benzene rings is 1. The molecule has 1 fully saturated rings. The first-order chi connectivity index (χ1) is 11.9. The first-order valence-corrected chi connectivity index (χ1v) is 8.29. The van der Waals surface area contributed by atoms with Crippen LogP contribution in [-0.2, 0) is 14.3 Å². The third kappa shape index (κ3) is 4.35. The van der Waals surface area contributed by atoms with Gasteiger partial charge in [-0.1, -0.05) is 11.6 Å². The van der Waals surface area contributed by atoms with E-state index in [2.05, 4.69) is 5.32 Å². The zero-order valence-electron chi connectivity index (χ0n) is 14.8. The molecule has 1 aromatic carbocycles. The number of anilines is 1. The van der Waals surface area contributed by atoms with Crippen LogP contribution in [0.2, 0.25) is 5.02 Å². The zero-order chi connectivity index (χ0) is 18.6. The Bertz CT molecular complexity index is 652. The maximum atomic E-state index is 12.6. The van der Waals surface area contributed by atoms with Gasteiger partial charge in [-0.3, -0.25) is 9.59 Å². The smallest absolute Gasteiger partial charge is 0.229 e. The summed E-state index contributed by atoms with van der Waals surface area (Å²) in [6.45, 7) is 2.69. The highest BCUT2D eigenvalue weighted by Crippen LogP contribution is 2.36. The molecule has 0 saturated carbocycles. The minimum absolute atomic E-state index is 0.0506. The van der Waals surface area contributed by atoms with E-state index in [1.807, 2.05) is 6.92 Å². The van der Waals surface area contributed by atoms with Gasteiger partial charge < -0.3 is 24.4 Å². The van der Waals surface area contributed by atoms with Crippen LogP contribution in [0, 0.1) is 5.92 Å². The standard InChI is InChI=1S/C17H23ClN2O5/c1-10(9-23-2)20-8-11(5-16(20)21)17(22)19-13-7-14(24-3)12(18)6-15(13)25-4/h6-7,10-11H,5,8-9H2,1-4H3,(H,19,22). The van der Waals surface area contributed by atoms with Crippen molar-refractivity contribution in [2.24, 2.45) is 5.92 Å². The fourth-order valence-electron chi connectivity index (χ4n) is 2.86. The van der Waals surface area contributed by atoms with Crippen molar-refractivity contribution >= 4 is 29.1 Å². The Kier molecular flexibility index (Phi) is 6.50. The molecule has 1 saturated heterocycles. The van der Waals surface area contributed by atoms with Gasteiger partial charge in [0.25, 0.3) is 0 Å². The summed E-state index contributed by atoms with van der Waals surface area (Å²) in [6, 6.07) is 3.10. The lowest BCUT2D eigenvalue weighted by Gasteiger charge is -2.24. The lowest BCUT2D eigenvalue weighted by Crippen LogP contribution is -2.38. The Labute approximate surface area is 152 Å². The number of carbonyl (C=O) groups is 2. The molecular weight excluding hydrogens is 348 g/mol. The number of carbonyl (C=O) groups excluding carboxylic acids is 2. The van der Waals surface area contributed by atoms with Crippen molar-refractivity contribution < 1.29 is 23.8 Å². The molecule has 0 spiro atoms. The van der Waals surface area contributed by atoms with E-state index in [1.165, 1.54) is 14.2 Å². The molecule has 2 amide bonds. The molecule has 8 heteroatoms. The van der Waals surface area contributed by atoms with E-state index in [9.17, 15) is 9.59 Å². The van der Waals surface area contributed by atoms with Gasteiger partial charge in [-0.2, -0.15) is 0 Å². The van der Waals surface area contributed by atoms with Gasteiger partial charge >= 0.3 is 0 Å². The van der Waals surface area contributed by atoms with Crippen LogP contribution >= 0.6 is 11.6 Å². The minimum Gasteiger partial charge on any atom is -0.495 e. The van der Waals surface area contributed by atoms with E-state index < -0.39 is 5.92 Å². The van der Waals surface area contributed by atoms with Gasteiger partial charge in [-0.15, -0.1) is 0 Å². The van der Waals surface area contributed by atoms with Crippen LogP contribution in [0.15, 0.2) is 12.1 Å². The average molecular weight is 371 g/mol. The second kappa shape index (κ2) is 8.40. The lowest BCUT2D eigenvalue weighted by molar-refractivity contribution is -0.130. The van der Waals surface area contributed by atoms with E-state index in [-0.39, 0.29) is 24.3 Å². The molecule has 2 rings (SSSR count). The molecule has 1 N–H and O–H groups in total. The maximum absolute atomic E-state index is 12.6. The Morgan fingerprint density at radius 3 is 2.60 bits per heavy atom. The summed E-state index contributed by atoms with van der Waals surface area (Å²) >= 11 is 6.07. The summed E-state index contributed by atoms with van der Waals surface area (Å²) in [6.07, 6.45) is 0.174. The molecule has 0 bridgehead atoms. The van der Waals surface area contributed by atoms with Gasteiger partial charge in [0.2, 0.25) is 11.8 Å². The van der Waals surface area contributed by atoms with Gasteiger partial charge in [0, 0.05) is 32.2 Å². The van der Waals surface area contributed by atoms with Gasteiger partial charge in [0.15, 0.2) is 0 Å². The van der Waals surface area contributed by atoms with Crippen LogP contribution in [0.4, 0.5) is 5.69 Å². The molecule has 2 unspecified atom stereocenters. The molecule has 0 radical (unpaired) electrons. The lowest BCUT2D eigenvalue weighted by atomic mass is 10.1. The molecule has 0 aromatic heterocycles. The molecule has 1 heterocycles. The fraction of sp³-hybridized carbons (Fsp3) is 0.529. The summed E-state index contributed by atoms with van der Waals surface area (Å²) in [7, 11) is 4.56. The van der Waals surface area contributed by atoms with Crippen molar-refractivity contribution in [3.8, 4) is 11.5 Å². The topological polar surface area (TPSA) is 77.1 Å². The summed E-state index contributed by atoms with van der Waals surface area (Å²) in [5, 5.41) is 3.19. The Balaban J connectivity index is 2.11. The molecule has 7 nitrogen and oxygen atoms in total. The second-order valence-electron chi connectivity index (χ2n) is 5.93. The van der Waals surface area contributed by atoms with E-state index in [4.69, 9.17) is 25.8 Å². The van der Waals surface area contributed by atoms with Crippen molar-refractivity contribution in [3.63, 3.8) is 0 Å². The Hall–Kier alpha value is -1.99. The van der Waals surface area contributed by atoms with E-state index in [0.29, 0.717) is 35.4 Å². The highest BCUT2D eigenvalue weighted by atomic mass is 35.5. The number of methoxy groups -OCH3 is 3. The first kappa shape index (κ1) is 19.3. The van der Waals surface area contributed by atoms with Gasteiger partial charge in [0.05, 0.1) is 43.5 Å². The summed E-state index contributed by atoms with van der Waals surface area (Å²) in [5.41, 5.74) is 0.449. The van der Waals surface area contributed by atoms with Gasteiger partial charge in [-0.05, 0) is 6.92 Å². The first-order valence-electron chi connectivity index (χ1n) is 7.92. The SMILES string of the molecule is COCC(C)N1CC(C(=O)Nc2cc(OC)c(Cl)cc2OC)CC1=O. The molecule has 25 heavy (non-hydrogen) atoms. The van der Waals surface area contributed by atoms with Crippen LogP contribution in [0.1, 0.15) is 13.3 Å². The van der Waals surface area contributed by atoms with Crippen LogP contribution < -0.4 is 14.8 Å². The van der Waals surface area contributed by atoms with Crippen LogP contribution in [0.5, 0.6) is 11.5 Å². The maximum Gasteiger partial charge on any atom is 0.229 e. The fourth-order valence-corrected chi connectivity index (χ4v) is 3.09. The number of rotatable bonds is 7. The number of halogens is 1. The number of amides is 2. The number of hydrogen-bond donors (Lipinski definition) is 1. The van der Waals surface area contributed by atoms with Crippen LogP contribution in [-0.4, -0.2) is 57.2 Å². The number of ether oxygens (including phenoxy) is 3. The molecule has 1 aromatic rings. The molecular formula is C17H23ClN2O5. The largest absolute Gasteiger partial charge is 0.495 e. The van der Waals surface area contributed by atoms with E-state index >= 15 is 0 Å². The third-order valence-corrected chi connectivity index (χ3v) is 4.50. The molecule has 138 valence electrons. The monoisotopic (exact) mass is 370 g/mol. The average Bonchev–Trinajstić information content (AvgIpc) is 2.98. The summed E-state index contributed by atoms with van der Waals surface area (Å²) in [5.74, 6) is 0.121. The van der Waals surface area contributed by atoms with Crippen molar-refractivity contribution in [1.29, 1.82) is 0 Å². The van der Waals surface area contributed by atoms with Gasteiger partial charge in [0.1, 0.15) is 11.5 Å². The highest BCUT2D eigenvalue weighted by Gasteiger charge is 2.36. The molecule has 2 atom stereocenters. The highest BCUT2D eigenvalue weighted by molar-refractivity contribution is 6.32. The van der Waals surface area contributed by atoms with Crippen molar-refractivity contribution in [2.45, 2.75) is 19.4 Å². The second-order valence-corrected chi connectivity index (χ2v) is 6.33. The van der Waals surface area contributed by atoms with E-state index in [0.717, 1.165) is 0 Å². The van der Waals surface area contributed by atoms with Gasteiger partial charge in [-0.25, -0.2) is 0 Å².